The van der Waals surface area contributed by atoms with Gasteiger partial charge in [0.2, 0.25) is 10.0 Å². The molecule has 0 aliphatic heterocycles. The van der Waals surface area contributed by atoms with E-state index in [0.29, 0.717) is 44.1 Å². The van der Waals surface area contributed by atoms with E-state index in [0.717, 1.165) is 12.1 Å². The highest BCUT2D eigenvalue weighted by Gasteiger charge is 2.29. The van der Waals surface area contributed by atoms with Crippen LogP contribution in [-0.4, -0.2) is 51.6 Å². The second kappa shape index (κ2) is 11.7. The minimum absolute atomic E-state index is 0. The molecular weight excluding hydrogens is 496 g/mol. The number of rotatable bonds is 8. The monoisotopic (exact) mass is 522 g/mol. The molecule has 27 heavy (non-hydrogen) atoms. The van der Waals surface area contributed by atoms with Gasteiger partial charge in [-0.3, -0.25) is 4.99 Å². The van der Waals surface area contributed by atoms with Crippen molar-refractivity contribution in [1.29, 1.82) is 0 Å². The summed E-state index contributed by atoms with van der Waals surface area (Å²) in [5.74, 6) is 0.493. The van der Waals surface area contributed by atoms with Gasteiger partial charge in [-0.15, -0.1) is 24.0 Å². The Morgan fingerprint density at radius 1 is 1.19 bits per heavy atom. The van der Waals surface area contributed by atoms with Gasteiger partial charge in [-0.05, 0) is 24.1 Å². The molecule has 0 unspecified atom stereocenters. The molecule has 0 saturated carbocycles. The number of guanidine groups is 1. The molecule has 0 aliphatic rings. The predicted molar refractivity (Wildman–Crippen MR) is 112 cm³/mol. The molecule has 0 spiro atoms. The van der Waals surface area contributed by atoms with E-state index in [4.69, 9.17) is 0 Å². The summed E-state index contributed by atoms with van der Waals surface area (Å²) in [6.45, 7) is 3.43. The quantitative estimate of drug-likeness (QED) is 0.239. The van der Waals surface area contributed by atoms with Crippen molar-refractivity contribution >= 4 is 40.0 Å². The number of nitrogens with zero attached hydrogens (tertiary/aromatic N) is 2. The highest BCUT2D eigenvalue weighted by molar-refractivity contribution is 14.0. The number of hydrogen-bond donors (Lipinski definition) is 2. The maximum Gasteiger partial charge on any atom is 0.416 e. The summed E-state index contributed by atoms with van der Waals surface area (Å²) >= 11 is 0. The Bertz CT molecular complexity index is 695. The Kier molecular flexibility index (Phi) is 11.2. The van der Waals surface area contributed by atoms with Crippen LogP contribution < -0.4 is 10.6 Å². The zero-order chi connectivity index (χ0) is 19.8. The van der Waals surface area contributed by atoms with E-state index < -0.39 is 21.8 Å². The van der Waals surface area contributed by atoms with Gasteiger partial charge in [0, 0.05) is 33.2 Å². The van der Waals surface area contributed by atoms with Gasteiger partial charge < -0.3 is 10.6 Å². The number of nitrogens with one attached hydrogen (secondary N) is 2. The normalized spacial score (nSPS) is 12.6. The molecule has 0 aliphatic carbocycles. The third-order valence-corrected chi connectivity index (χ3v) is 5.04. The minimum Gasteiger partial charge on any atom is -0.356 e. The molecule has 0 amide bonds. The van der Waals surface area contributed by atoms with Crippen LogP contribution in [0.3, 0.4) is 0 Å². The zero-order valence-electron chi connectivity index (χ0n) is 15.5. The average molecular weight is 522 g/mol. The van der Waals surface area contributed by atoms with Gasteiger partial charge in [0.15, 0.2) is 5.96 Å². The number of alkyl halides is 3. The molecule has 0 heterocycles. The summed E-state index contributed by atoms with van der Waals surface area (Å²) in [7, 11) is -1.62. The Morgan fingerprint density at radius 2 is 1.78 bits per heavy atom. The van der Waals surface area contributed by atoms with Gasteiger partial charge in [-0.25, -0.2) is 12.7 Å². The van der Waals surface area contributed by atoms with E-state index >= 15 is 0 Å². The molecule has 11 heteroatoms. The van der Waals surface area contributed by atoms with Gasteiger partial charge in [-0.1, -0.05) is 19.1 Å². The first-order chi connectivity index (χ1) is 12.1. The summed E-state index contributed by atoms with van der Waals surface area (Å²) in [5.41, 5.74) is 0.00490. The molecule has 0 aromatic heterocycles. The molecule has 0 radical (unpaired) electrons. The van der Waals surface area contributed by atoms with E-state index in [1.807, 2.05) is 0 Å². The van der Waals surface area contributed by atoms with Gasteiger partial charge in [0.05, 0.1) is 11.8 Å². The van der Waals surface area contributed by atoms with Crippen LogP contribution in [0, 0.1) is 0 Å². The highest BCUT2D eigenvalue weighted by atomic mass is 127. The largest absolute Gasteiger partial charge is 0.416 e. The molecule has 0 bridgehead atoms. The van der Waals surface area contributed by atoms with Crippen LogP contribution in [0.4, 0.5) is 13.2 Å². The molecular formula is C16H26F3IN4O2S. The Morgan fingerprint density at radius 3 is 2.22 bits per heavy atom. The Balaban J connectivity index is 0.00000676. The molecule has 0 atom stereocenters. The maximum atomic E-state index is 12.5. The maximum absolute atomic E-state index is 12.5. The van der Waals surface area contributed by atoms with Gasteiger partial charge in [0.25, 0.3) is 0 Å². The summed E-state index contributed by atoms with van der Waals surface area (Å²) in [6.07, 6.45) is -2.57. The summed E-state index contributed by atoms with van der Waals surface area (Å²) in [6, 6.07) is 4.90. The lowest BCUT2D eigenvalue weighted by atomic mass is 10.1. The Labute approximate surface area is 175 Å². The predicted octanol–water partition coefficient (Wildman–Crippen LogP) is 2.66. The topological polar surface area (TPSA) is 73.8 Å². The van der Waals surface area contributed by atoms with Gasteiger partial charge >= 0.3 is 6.18 Å². The summed E-state index contributed by atoms with van der Waals surface area (Å²) in [4.78, 5) is 4.03. The van der Waals surface area contributed by atoms with Crippen LogP contribution in [0.1, 0.15) is 24.5 Å². The molecule has 2 N–H and O–H groups in total. The zero-order valence-corrected chi connectivity index (χ0v) is 18.7. The van der Waals surface area contributed by atoms with Crippen LogP contribution in [0.15, 0.2) is 29.3 Å². The fraction of sp³-hybridized carbons (Fsp3) is 0.562. The van der Waals surface area contributed by atoms with E-state index in [2.05, 4.69) is 15.6 Å². The lowest BCUT2D eigenvalue weighted by molar-refractivity contribution is -0.137. The van der Waals surface area contributed by atoms with Crippen LogP contribution in [0.25, 0.3) is 0 Å². The smallest absolute Gasteiger partial charge is 0.356 e. The third-order valence-electron chi connectivity index (χ3n) is 3.66. The van der Waals surface area contributed by atoms with E-state index in [1.165, 1.54) is 22.7 Å². The van der Waals surface area contributed by atoms with E-state index in [9.17, 15) is 21.6 Å². The lowest BCUT2D eigenvalue weighted by Gasteiger charge is -2.18. The third kappa shape index (κ3) is 9.60. The number of hydrogen-bond acceptors (Lipinski definition) is 3. The first-order valence-electron chi connectivity index (χ1n) is 8.13. The van der Waals surface area contributed by atoms with Crippen LogP contribution in [0.5, 0.6) is 0 Å². The number of benzene rings is 1. The first kappa shape index (κ1) is 25.9. The standard InChI is InChI=1S/C16H25F3N4O2S.HI/c1-4-23(26(3,24)25)11-5-10-21-15(20-2)22-12-13-6-8-14(9-7-13)16(17,18)19;/h6-9H,4-5,10-12H2,1-3H3,(H2,20,21,22);1H. The fourth-order valence-corrected chi connectivity index (χ4v) is 3.17. The average Bonchev–Trinajstić information content (AvgIpc) is 2.56. The van der Waals surface area contributed by atoms with Gasteiger partial charge in [0.1, 0.15) is 0 Å². The molecule has 156 valence electrons. The van der Waals surface area contributed by atoms with Gasteiger partial charge in [-0.2, -0.15) is 13.2 Å². The molecule has 1 aromatic carbocycles. The molecule has 1 aromatic rings. The van der Waals surface area contributed by atoms with Crippen molar-refractivity contribution in [3.8, 4) is 0 Å². The van der Waals surface area contributed by atoms with Crippen molar-refractivity contribution in [2.45, 2.75) is 26.1 Å². The first-order valence-corrected chi connectivity index (χ1v) is 9.98. The van der Waals surface area contributed by atoms with Crippen molar-refractivity contribution in [3.63, 3.8) is 0 Å². The molecule has 1 rings (SSSR count). The SMILES string of the molecule is CCN(CCCNC(=NC)NCc1ccc(C(F)(F)F)cc1)S(C)(=O)=O.I. The lowest BCUT2D eigenvalue weighted by Crippen LogP contribution is -2.39. The van der Waals surface area contributed by atoms with Crippen LogP contribution >= 0.6 is 24.0 Å². The van der Waals surface area contributed by atoms with E-state index in [-0.39, 0.29) is 24.0 Å². The van der Waals surface area contributed by atoms with Crippen molar-refractivity contribution in [1.82, 2.24) is 14.9 Å². The minimum atomic E-state index is -4.35. The van der Waals surface area contributed by atoms with Crippen molar-refractivity contribution in [3.05, 3.63) is 35.4 Å². The number of halogens is 4. The second-order valence-electron chi connectivity index (χ2n) is 5.66. The highest BCUT2D eigenvalue weighted by Crippen LogP contribution is 2.28. The number of sulfonamides is 1. The molecule has 0 saturated heterocycles. The number of aliphatic imine (C=N–C) groups is 1. The Hall–Kier alpha value is -1.08. The molecule has 0 fully saturated rings. The van der Waals surface area contributed by atoms with E-state index in [1.54, 1.807) is 14.0 Å². The summed E-state index contributed by atoms with van der Waals surface area (Å²) in [5, 5.41) is 6.05. The second-order valence-corrected chi connectivity index (χ2v) is 7.64. The van der Waals surface area contributed by atoms with Crippen molar-refractivity contribution in [2.24, 2.45) is 4.99 Å². The summed E-state index contributed by atoms with van der Waals surface area (Å²) < 4.78 is 62.0. The fourth-order valence-electron chi connectivity index (χ4n) is 2.24. The van der Waals surface area contributed by atoms with Crippen LogP contribution in [0.2, 0.25) is 0 Å². The van der Waals surface area contributed by atoms with Crippen LogP contribution in [-0.2, 0) is 22.7 Å². The van der Waals surface area contributed by atoms with Crippen molar-refractivity contribution < 1.29 is 21.6 Å². The van der Waals surface area contributed by atoms with Crippen molar-refractivity contribution in [2.75, 3.05) is 32.9 Å². The molecule has 6 nitrogen and oxygen atoms in total.